The number of fused-ring (bicyclic) bond motifs is 6. The van der Waals surface area contributed by atoms with E-state index in [1.165, 1.54) is 80.9 Å². The van der Waals surface area contributed by atoms with Crippen molar-refractivity contribution in [2.75, 3.05) is 0 Å². The highest BCUT2D eigenvalue weighted by atomic mass is 32.1. The van der Waals surface area contributed by atoms with E-state index in [2.05, 4.69) is 191 Å². The number of nitrogens with zero attached hydrogens (tertiary/aromatic N) is 1. The van der Waals surface area contributed by atoms with Crippen LogP contribution in [0.5, 0.6) is 0 Å². The molecule has 2 aromatic heterocycles. The van der Waals surface area contributed by atoms with Crippen molar-refractivity contribution in [2.45, 2.75) is 12.3 Å². The Bertz CT molecular complexity index is 2720. The molecule has 0 aliphatic carbocycles. The van der Waals surface area contributed by atoms with Gasteiger partial charge in [0.05, 0.1) is 17.1 Å². The van der Waals surface area contributed by atoms with E-state index in [0.29, 0.717) is 0 Å². The molecule has 10 rings (SSSR count). The lowest BCUT2D eigenvalue weighted by Crippen LogP contribution is -2.40. The van der Waals surface area contributed by atoms with Gasteiger partial charge in [-0.15, -0.1) is 11.3 Å². The van der Waals surface area contributed by atoms with E-state index in [1.54, 1.807) is 0 Å². The average molecular weight is 660 g/mol. The first-order valence-electron chi connectivity index (χ1n) is 17.2. The summed E-state index contributed by atoms with van der Waals surface area (Å²) >= 11 is 1.88. The molecule has 2 atom stereocenters. The fourth-order valence-electron chi connectivity index (χ4n) is 7.69. The second-order valence-electron chi connectivity index (χ2n) is 13.0. The van der Waals surface area contributed by atoms with Gasteiger partial charge in [-0.25, -0.2) is 0 Å². The van der Waals surface area contributed by atoms with Crippen LogP contribution < -0.4 is 10.6 Å². The van der Waals surface area contributed by atoms with Crippen molar-refractivity contribution < 1.29 is 0 Å². The predicted octanol–water partition coefficient (Wildman–Crippen LogP) is 12.1. The number of hydrogen-bond donors (Lipinski definition) is 2. The third-order valence-electron chi connectivity index (χ3n) is 10.1. The Labute approximate surface area is 294 Å². The summed E-state index contributed by atoms with van der Waals surface area (Å²) in [5.41, 5.74) is 11.1. The lowest BCUT2D eigenvalue weighted by Gasteiger charge is -2.31. The van der Waals surface area contributed by atoms with Gasteiger partial charge in [0, 0.05) is 30.9 Å². The van der Waals surface area contributed by atoms with Gasteiger partial charge in [-0.1, -0.05) is 133 Å². The van der Waals surface area contributed by atoms with Crippen molar-refractivity contribution in [2.24, 2.45) is 0 Å². The van der Waals surface area contributed by atoms with Crippen molar-refractivity contribution in [3.8, 4) is 33.4 Å². The van der Waals surface area contributed by atoms with Gasteiger partial charge in [0.15, 0.2) is 6.29 Å². The molecule has 50 heavy (non-hydrogen) atoms. The molecule has 0 spiro atoms. The minimum absolute atomic E-state index is 0.0471. The minimum atomic E-state index is -0.127. The second kappa shape index (κ2) is 11.9. The molecule has 0 saturated carbocycles. The minimum Gasteiger partial charge on any atom is -0.359 e. The lowest BCUT2D eigenvalue weighted by molar-refractivity contribution is 0.342. The largest absolute Gasteiger partial charge is 0.359 e. The van der Waals surface area contributed by atoms with E-state index in [-0.39, 0.29) is 12.3 Å². The van der Waals surface area contributed by atoms with Gasteiger partial charge >= 0.3 is 0 Å². The molecule has 1 aliphatic heterocycles. The van der Waals surface area contributed by atoms with Crippen molar-refractivity contribution in [1.82, 2.24) is 15.2 Å². The molecule has 9 aromatic rings. The number of hydrogen-bond acceptors (Lipinski definition) is 3. The van der Waals surface area contributed by atoms with Crippen LogP contribution in [0.3, 0.4) is 0 Å². The maximum atomic E-state index is 3.92. The van der Waals surface area contributed by atoms with Crippen LogP contribution in [0, 0.1) is 0 Å². The van der Waals surface area contributed by atoms with Crippen LogP contribution in [0.4, 0.5) is 0 Å². The molecule has 7 aromatic carbocycles. The summed E-state index contributed by atoms with van der Waals surface area (Å²) in [6.45, 7) is 0. The van der Waals surface area contributed by atoms with Gasteiger partial charge in [-0.2, -0.15) is 0 Å². The monoisotopic (exact) mass is 659 g/mol. The molecule has 1 aliphatic rings. The number of para-hydroxylation sites is 1. The van der Waals surface area contributed by atoms with Gasteiger partial charge in [-0.3, -0.25) is 5.32 Å². The first-order valence-corrected chi connectivity index (χ1v) is 18.0. The molecule has 238 valence electrons. The summed E-state index contributed by atoms with van der Waals surface area (Å²) in [5.74, 6) is 0. The standard InChI is InChI=1S/C46H33N3S/c1-2-10-30(11-3-1)31-20-22-32(23-21-31)33-12-8-13-35(28-33)41-26-27-47-46(48-41)49-42-18-6-4-14-37(42)40-29-34(24-25-43(40)49)36-16-9-17-39-38-15-5-7-19-44(38)50-45(36)39/h1-29,41,46-48H. The van der Waals surface area contributed by atoms with Crippen molar-refractivity contribution in [3.05, 3.63) is 182 Å². The summed E-state index contributed by atoms with van der Waals surface area (Å²) in [4.78, 5) is 0. The Morgan fingerprint density at radius 3 is 2.02 bits per heavy atom. The lowest BCUT2D eigenvalue weighted by atomic mass is 9.97. The van der Waals surface area contributed by atoms with E-state index in [0.717, 1.165) is 0 Å². The molecule has 3 nitrogen and oxygen atoms in total. The van der Waals surface area contributed by atoms with Crippen LogP contribution in [-0.2, 0) is 0 Å². The Balaban J connectivity index is 0.999. The highest BCUT2D eigenvalue weighted by Crippen LogP contribution is 2.42. The molecule has 2 unspecified atom stereocenters. The van der Waals surface area contributed by atoms with Crippen LogP contribution in [-0.4, -0.2) is 4.57 Å². The van der Waals surface area contributed by atoms with Gasteiger partial charge in [0.25, 0.3) is 0 Å². The summed E-state index contributed by atoms with van der Waals surface area (Å²) in [6.07, 6.45) is 4.19. The van der Waals surface area contributed by atoms with Gasteiger partial charge in [-0.05, 0) is 81.6 Å². The third kappa shape index (κ3) is 4.84. The quantitative estimate of drug-likeness (QED) is 0.193. The van der Waals surface area contributed by atoms with E-state index >= 15 is 0 Å². The predicted molar refractivity (Wildman–Crippen MR) is 212 cm³/mol. The molecule has 0 fully saturated rings. The third-order valence-corrected chi connectivity index (χ3v) is 11.4. The summed E-state index contributed by atoms with van der Waals surface area (Å²) in [6, 6.07) is 59.6. The van der Waals surface area contributed by atoms with E-state index < -0.39 is 0 Å². The maximum absolute atomic E-state index is 3.92. The van der Waals surface area contributed by atoms with Crippen molar-refractivity contribution >= 4 is 53.3 Å². The molecule has 4 heteroatoms. The number of benzene rings is 7. The number of rotatable bonds is 5. The van der Waals surface area contributed by atoms with Gasteiger partial charge in [0.2, 0.25) is 0 Å². The van der Waals surface area contributed by atoms with Crippen LogP contribution >= 0.6 is 11.3 Å². The van der Waals surface area contributed by atoms with Gasteiger partial charge < -0.3 is 9.88 Å². The zero-order valence-electron chi connectivity index (χ0n) is 27.3. The Morgan fingerprint density at radius 1 is 0.480 bits per heavy atom. The zero-order valence-corrected chi connectivity index (χ0v) is 28.1. The summed E-state index contributed by atoms with van der Waals surface area (Å²) < 4.78 is 5.09. The van der Waals surface area contributed by atoms with Gasteiger partial charge in [0.1, 0.15) is 0 Å². The average Bonchev–Trinajstić information content (AvgIpc) is 3.74. The molecule has 0 bridgehead atoms. The molecule has 3 heterocycles. The molecule has 2 N–H and O–H groups in total. The van der Waals surface area contributed by atoms with E-state index in [4.69, 9.17) is 0 Å². The second-order valence-corrected chi connectivity index (χ2v) is 14.1. The van der Waals surface area contributed by atoms with Crippen molar-refractivity contribution in [1.29, 1.82) is 0 Å². The number of aromatic nitrogens is 1. The Morgan fingerprint density at radius 2 is 1.14 bits per heavy atom. The first kappa shape index (κ1) is 29.0. The molecular weight excluding hydrogens is 627 g/mol. The number of thiophene rings is 1. The summed E-state index contributed by atoms with van der Waals surface area (Å²) in [5, 5.41) is 12.7. The fourth-order valence-corrected chi connectivity index (χ4v) is 8.93. The normalized spacial score (nSPS) is 16.0. The Hall–Kier alpha value is -5.94. The van der Waals surface area contributed by atoms with Crippen LogP contribution in [0.25, 0.3) is 75.4 Å². The Kier molecular flexibility index (Phi) is 6.90. The van der Waals surface area contributed by atoms with Crippen LogP contribution in [0.15, 0.2) is 176 Å². The number of nitrogens with one attached hydrogen (secondary N) is 2. The SMILES string of the molecule is C1=CC(c2cccc(-c3ccc(-c4ccccc4)cc3)c2)NC(n2c3ccccc3c3cc(-c4cccc5c4sc4ccccc45)ccc32)N1. The highest BCUT2D eigenvalue weighted by molar-refractivity contribution is 7.26. The van der Waals surface area contributed by atoms with E-state index in [1.807, 2.05) is 11.3 Å². The fraction of sp³-hybridized carbons (Fsp3) is 0.0435. The topological polar surface area (TPSA) is 29.0 Å². The zero-order chi connectivity index (χ0) is 33.0. The smallest absolute Gasteiger partial charge is 0.160 e. The van der Waals surface area contributed by atoms with Crippen molar-refractivity contribution in [3.63, 3.8) is 0 Å². The molecular formula is C46H33N3S. The van der Waals surface area contributed by atoms with E-state index in [9.17, 15) is 0 Å². The molecule has 0 saturated heterocycles. The van der Waals surface area contributed by atoms with Crippen LogP contribution in [0.2, 0.25) is 0 Å². The highest BCUT2D eigenvalue weighted by Gasteiger charge is 2.24. The molecule has 0 radical (unpaired) electrons. The molecule has 0 amide bonds. The first-order chi connectivity index (χ1) is 24.8. The van der Waals surface area contributed by atoms with Crippen LogP contribution in [0.1, 0.15) is 17.9 Å². The summed E-state index contributed by atoms with van der Waals surface area (Å²) in [7, 11) is 0. The maximum Gasteiger partial charge on any atom is 0.160 e.